The molecule has 1 unspecified atom stereocenters. The number of carbonyl (C=O) groups excluding carboxylic acids is 1. The highest BCUT2D eigenvalue weighted by Crippen LogP contribution is 2.08. The van der Waals surface area contributed by atoms with E-state index >= 15 is 0 Å². The number of amides is 1. The molecule has 0 spiro atoms. The topological polar surface area (TPSA) is 64.3 Å². The number of hydrogen-bond acceptors (Lipinski definition) is 3. The molecule has 108 valence electrons. The molecule has 0 aliphatic carbocycles. The first-order chi connectivity index (χ1) is 8.68. The van der Waals surface area contributed by atoms with Crippen LogP contribution < -0.4 is 15.8 Å². The summed E-state index contributed by atoms with van der Waals surface area (Å²) < 4.78 is 5.50. The second-order valence-corrected chi connectivity index (χ2v) is 4.38. The number of para-hydroxylation sites is 1. The van der Waals surface area contributed by atoms with Gasteiger partial charge in [0.1, 0.15) is 5.75 Å². The Morgan fingerprint density at radius 3 is 2.68 bits per heavy atom. The number of halogens is 1. The lowest BCUT2D eigenvalue weighted by molar-refractivity contribution is -0.121. The van der Waals surface area contributed by atoms with E-state index in [9.17, 15) is 4.79 Å². The van der Waals surface area contributed by atoms with Crippen molar-refractivity contribution in [2.24, 2.45) is 5.73 Å². The Morgan fingerprint density at radius 2 is 2.05 bits per heavy atom. The largest absolute Gasteiger partial charge is 0.494 e. The Morgan fingerprint density at radius 1 is 1.37 bits per heavy atom. The third kappa shape index (κ3) is 9.33. The van der Waals surface area contributed by atoms with Crippen molar-refractivity contribution in [3.05, 3.63) is 30.3 Å². The minimum Gasteiger partial charge on any atom is -0.494 e. The smallest absolute Gasteiger partial charge is 0.220 e. The number of rotatable bonds is 8. The normalized spacial score (nSPS) is 11.3. The van der Waals surface area contributed by atoms with Crippen molar-refractivity contribution in [1.29, 1.82) is 0 Å². The maximum absolute atomic E-state index is 11.4. The molecule has 0 aliphatic heterocycles. The molecule has 1 aromatic carbocycles. The Labute approximate surface area is 121 Å². The highest BCUT2D eigenvalue weighted by atomic mass is 35.5. The quantitative estimate of drug-likeness (QED) is 0.720. The first-order valence-electron chi connectivity index (χ1n) is 6.38. The van der Waals surface area contributed by atoms with Gasteiger partial charge in [-0.2, -0.15) is 0 Å². The molecule has 0 bridgehead atoms. The van der Waals surface area contributed by atoms with E-state index in [4.69, 9.17) is 10.5 Å². The van der Waals surface area contributed by atoms with Gasteiger partial charge in [-0.05, 0) is 31.9 Å². The van der Waals surface area contributed by atoms with Gasteiger partial charge in [-0.25, -0.2) is 0 Å². The molecule has 4 nitrogen and oxygen atoms in total. The second-order valence-electron chi connectivity index (χ2n) is 4.38. The lowest BCUT2D eigenvalue weighted by Gasteiger charge is -2.08. The zero-order valence-corrected chi connectivity index (χ0v) is 12.1. The van der Waals surface area contributed by atoms with Crippen LogP contribution in [0, 0.1) is 0 Å². The molecule has 0 aliphatic rings. The van der Waals surface area contributed by atoms with E-state index in [1.165, 1.54) is 0 Å². The molecular weight excluding hydrogens is 264 g/mol. The van der Waals surface area contributed by atoms with Crippen molar-refractivity contribution in [2.45, 2.75) is 32.2 Å². The Balaban J connectivity index is 0.00000324. The molecule has 0 saturated carbocycles. The van der Waals surface area contributed by atoms with Crippen LogP contribution in [-0.4, -0.2) is 25.1 Å². The number of ether oxygens (including phenoxy) is 1. The molecule has 1 aromatic rings. The predicted molar refractivity (Wildman–Crippen MR) is 79.7 cm³/mol. The van der Waals surface area contributed by atoms with Crippen LogP contribution in [0.3, 0.4) is 0 Å². The van der Waals surface area contributed by atoms with Gasteiger partial charge in [-0.15, -0.1) is 12.4 Å². The number of nitrogens with two attached hydrogens (primary N) is 1. The highest BCUT2D eigenvalue weighted by Gasteiger charge is 2.01. The van der Waals surface area contributed by atoms with Crippen molar-refractivity contribution in [3.8, 4) is 5.75 Å². The Hall–Kier alpha value is -1.26. The van der Waals surface area contributed by atoms with E-state index in [-0.39, 0.29) is 24.4 Å². The van der Waals surface area contributed by atoms with Gasteiger partial charge in [0.05, 0.1) is 6.61 Å². The first kappa shape index (κ1) is 17.7. The second kappa shape index (κ2) is 10.6. The van der Waals surface area contributed by atoms with Gasteiger partial charge >= 0.3 is 0 Å². The molecule has 19 heavy (non-hydrogen) atoms. The van der Waals surface area contributed by atoms with Crippen LogP contribution in [0.25, 0.3) is 0 Å². The molecule has 0 heterocycles. The van der Waals surface area contributed by atoms with Crippen LogP contribution in [0.15, 0.2) is 30.3 Å². The summed E-state index contributed by atoms with van der Waals surface area (Å²) in [6.07, 6.45) is 2.02. The van der Waals surface area contributed by atoms with Gasteiger partial charge in [-0.1, -0.05) is 18.2 Å². The van der Waals surface area contributed by atoms with Crippen LogP contribution in [0.2, 0.25) is 0 Å². The third-order valence-corrected chi connectivity index (χ3v) is 2.48. The van der Waals surface area contributed by atoms with E-state index in [1.807, 2.05) is 37.3 Å². The fourth-order valence-electron chi connectivity index (χ4n) is 1.47. The summed E-state index contributed by atoms with van der Waals surface area (Å²) in [6.45, 7) is 3.14. The van der Waals surface area contributed by atoms with Crippen molar-refractivity contribution in [3.63, 3.8) is 0 Å². The van der Waals surface area contributed by atoms with Crippen molar-refractivity contribution in [1.82, 2.24) is 5.32 Å². The summed E-state index contributed by atoms with van der Waals surface area (Å²) in [4.78, 5) is 11.4. The number of carbonyl (C=O) groups is 1. The molecule has 3 N–H and O–H groups in total. The zero-order valence-electron chi connectivity index (χ0n) is 11.3. The molecule has 5 heteroatoms. The molecule has 0 aromatic heterocycles. The Kier molecular flexibility index (Phi) is 9.94. The van der Waals surface area contributed by atoms with Gasteiger partial charge in [0.25, 0.3) is 0 Å². The minimum absolute atomic E-state index is 0. The standard InChI is InChI=1S/C14H22N2O2.ClH/c1-12(15)9-10-16-14(17)8-5-11-18-13-6-3-2-4-7-13;/h2-4,6-7,12H,5,8-11,15H2,1H3,(H,16,17);1H. The van der Waals surface area contributed by atoms with Crippen molar-refractivity contribution in [2.75, 3.05) is 13.2 Å². The highest BCUT2D eigenvalue weighted by molar-refractivity contribution is 5.85. The summed E-state index contributed by atoms with van der Waals surface area (Å²) in [5.41, 5.74) is 5.59. The number of nitrogens with one attached hydrogen (secondary N) is 1. The SMILES string of the molecule is CC(N)CCNC(=O)CCCOc1ccccc1.Cl. The Bertz CT molecular complexity index is 345. The monoisotopic (exact) mass is 286 g/mol. The summed E-state index contributed by atoms with van der Waals surface area (Å²) in [6, 6.07) is 9.74. The van der Waals surface area contributed by atoms with Crippen LogP contribution in [0.4, 0.5) is 0 Å². The fraction of sp³-hybridized carbons (Fsp3) is 0.500. The predicted octanol–water partition coefficient (Wildman–Crippen LogP) is 2.12. The van der Waals surface area contributed by atoms with Crippen LogP contribution in [-0.2, 0) is 4.79 Å². The van der Waals surface area contributed by atoms with Gasteiger partial charge in [0, 0.05) is 19.0 Å². The van der Waals surface area contributed by atoms with Crippen LogP contribution in [0.1, 0.15) is 26.2 Å². The van der Waals surface area contributed by atoms with Crippen molar-refractivity contribution >= 4 is 18.3 Å². The van der Waals surface area contributed by atoms with Gasteiger partial charge < -0.3 is 15.8 Å². The summed E-state index contributed by atoms with van der Waals surface area (Å²) >= 11 is 0. The molecule has 0 radical (unpaired) electrons. The lowest BCUT2D eigenvalue weighted by Crippen LogP contribution is -2.28. The molecule has 1 rings (SSSR count). The average molecular weight is 287 g/mol. The van der Waals surface area contributed by atoms with E-state index in [2.05, 4.69) is 5.32 Å². The van der Waals surface area contributed by atoms with E-state index in [0.29, 0.717) is 19.6 Å². The number of hydrogen-bond donors (Lipinski definition) is 2. The first-order valence-corrected chi connectivity index (χ1v) is 6.38. The molecular formula is C14H23ClN2O2. The third-order valence-electron chi connectivity index (χ3n) is 2.48. The maximum atomic E-state index is 11.4. The summed E-state index contributed by atoms with van der Waals surface area (Å²) in [7, 11) is 0. The van der Waals surface area contributed by atoms with Gasteiger partial charge in [0.2, 0.25) is 5.91 Å². The van der Waals surface area contributed by atoms with E-state index in [1.54, 1.807) is 0 Å². The molecule has 0 fully saturated rings. The maximum Gasteiger partial charge on any atom is 0.220 e. The summed E-state index contributed by atoms with van der Waals surface area (Å²) in [5.74, 6) is 0.905. The van der Waals surface area contributed by atoms with Gasteiger partial charge in [0.15, 0.2) is 0 Å². The average Bonchev–Trinajstić information content (AvgIpc) is 2.35. The molecule has 1 atom stereocenters. The van der Waals surface area contributed by atoms with E-state index in [0.717, 1.165) is 18.6 Å². The van der Waals surface area contributed by atoms with Gasteiger partial charge in [-0.3, -0.25) is 4.79 Å². The number of benzene rings is 1. The van der Waals surface area contributed by atoms with Crippen LogP contribution in [0.5, 0.6) is 5.75 Å². The zero-order chi connectivity index (χ0) is 13.2. The fourth-order valence-corrected chi connectivity index (χ4v) is 1.47. The summed E-state index contributed by atoms with van der Waals surface area (Å²) in [5, 5.41) is 2.84. The molecule has 1 amide bonds. The van der Waals surface area contributed by atoms with Crippen LogP contribution >= 0.6 is 12.4 Å². The van der Waals surface area contributed by atoms with Crippen molar-refractivity contribution < 1.29 is 9.53 Å². The van der Waals surface area contributed by atoms with E-state index < -0.39 is 0 Å². The minimum atomic E-state index is 0. The molecule has 0 saturated heterocycles. The lowest BCUT2D eigenvalue weighted by atomic mass is 10.2.